The second-order valence-electron chi connectivity index (χ2n) is 4.38. The summed E-state index contributed by atoms with van der Waals surface area (Å²) in [6, 6.07) is 3.91. The van der Waals surface area contributed by atoms with Crippen molar-refractivity contribution in [2.45, 2.75) is 52.0 Å². The second kappa shape index (κ2) is 8.74. The Balaban J connectivity index is 2.18. The van der Waals surface area contributed by atoms with Gasteiger partial charge in [-0.05, 0) is 6.42 Å². The minimum absolute atomic E-state index is 0.923. The largest absolute Gasteiger partial charge is 0.411 e. The van der Waals surface area contributed by atoms with Crippen molar-refractivity contribution in [3.8, 4) is 0 Å². The molecule has 0 bridgehead atoms. The standard InChI is InChI=1S/C14H22N2O/c1-2-3-4-5-6-7-10-16-11-8-14(9-12-16)13-15-17/h8-9,11-13H,2-7,10H2,1H3/p+1. The number of pyridine rings is 1. The average Bonchev–Trinajstić information content (AvgIpc) is 2.36. The van der Waals surface area contributed by atoms with Gasteiger partial charge < -0.3 is 5.21 Å². The molecule has 94 valence electrons. The van der Waals surface area contributed by atoms with Gasteiger partial charge in [0.2, 0.25) is 0 Å². The van der Waals surface area contributed by atoms with Crippen LogP contribution in [0.4, 0.5) is 0 Å². The first-order valence-electron chi connectivity index (χ1n) is 6.53. The monoisotopic (exact) mass is 235 g/mol. The van der Waals surface area contributed by atoms with Crippen molar-refractivity contribution in [2.75, 3.05) is 0 Å². The van der Waals surface area contributed by atoms with E-state index in [4.69, 9.17) is 5.21 Å². The van der Waals surface area contributed by atoms with Crippen LogP contribution in [-0.2, 0) is 6.54 Å². The zero-order chi connectivity index (χ0) is 12.3. The maximum absolute atomic E-state index is 8.40. The third kappa shape index (κ3) is 6.05. The van der Waals surface area contributed by atoms with Crippen molar-refractivity contribution in [3.05, 3.63) is 30.1 Å². The summed E-state index contributed by atoms with van der Waals surface area (Å²) in [4.78, 5) is 0. The first-order valence-corrected chi connectivity index (χ1v) is 6.53. The Morgan fingerprint density at radius 2 is 1.76 bits per heavy atom. The molecule has 1 aromatic heterocycles. The van der Waals surface area contributed by atoms with E-state index in [1.54, 1.807) is 0 Å². The molecule has 0 aliphatic heterocycles. The number of aromatic nitrogens is 1. The highest BCUT2D eigenvalue weighted by Crippen LogP contribution is 2.04. The summed E-state index contributed by atoms with van der Waals surface area (Å²) >= 11 is 0. The molecule has 0 aliphatic rings. The molecular formula is C14H23N2O+. The molecule has 1 N–H and O–H groups in total. The molecule has 1 heterocycles. The van der Waals surface area contributed by atoms with Crippen LogP contribution in [-0.4, -0.2) is 11.4 Å². The Morgan fingerprint density at radius 1 is 1.12 bits per heavy atom. The fourth-order valence-corrected chi connectivity index (χ4v) is 1.85. The molecule has 0 fully saturated rings. The van der Waals surface area contributed by atoms with Crippen LogP contribution in [0.15, 0.2) is 29.7 Å². The lowest BCUT2D eigenvalue weighted by Crippen LogP contribution is -2.32. The minimum atomic E-state index is 0.923. The van der Waals surface area contributed by atoms with Crippen LogP contribution < -0.4 is 4.57 Å². The molecule has 0 amide bonds. The number of hydrogen-bond acceptors (Lipinski definition) is 2. The van der Waals surface area contributed by atoms with Gasteiger partial charge in [0, 0.05) is 24.1 Å². The minimum Gasteiger partial charge on any atom is -0.411 e. The van der Waals surface area contributed by atoms with Gasteiger partial charge in [0.25, 0.3) is 0 Å². The molecule has 17 heavy (non-hydrogen) atoms. The molecule has 0 saturated heterocycles. The summed E-state index contributed by atoms with van der Waals surface area (Å²) in [5.41, 5.74) is 0.923. The summed E-state index contributed by atoms with van der Waals surface area (Å²) in [6.07, 6.45) is 13.4. The number of rotatable bonds is 8. The third-order valence-electron chi connectivity index (χ3n) is 2.89. The molecule has 0 unspecified atom stereocenters. The van der Waals surface area contributed by atoms with Crippen LogP contribution >= 0.6 is 0 Å². The summed E-state index contributed by atoms with van der Waals surface area (Å²) < 4.78 is 2.18. The number of unbranched alkanes of at least 4 members (excludes halogenated alkanes) is 5. The van der Waals surface area contributed by atoms with Crippen molar-refractivity contribution >= 4 is 6.21 Å². The lowest BCUT2D eigenvalue weighted by atomic mass is 10.1. The predicted octanol–water partition coefficient (Wildman–Crippen LogP) is 3.14. The molecule has 0 spiro atoms. The Bertz CT molecular complexity index is 319. The molecule has 3 nitrogen and oxygen atoms in total. The SMILES string of the molecule is CCCCCCCC[n+]1ccc(C=NO)cc1. The van der Waals surface area contributed by atoms with Gasteiger partial charge in [-0.15, -0.1) is 0 Å². The quantitative estimate of drug-likeness (QED) is 0.243. The van der Waals surface area contributed by atoms with Gasteiger partial charge in [-0.25, -0.2) is 4.57 Å². The highest BCUT2D eigenvalue weighted by Gasteiger charge is 1.99. The average molecular weight is 235 g/mol. The van der Waals surface area contributed by atoms with Gasteiger partial charge in [0.15, 0.2) is 12.4 Å². The molecule has 0 saturated carbocycles. The van der Waals surface area contributed by atoms with E-state index in [-0.39, 0.29) is 0 Å². The topological polar surface area (TPSA) is 36.5 Å². The van der Waals surface area contributed by atoms with Crippen molar-refractivity contribution in [2.24, 2.45) is 5.16 Å². The van der Waals surface area contributed by atoms with E-state index in [1.807, 2.05) is 24.5 Å². The van der Waals surface area contributed by atoms with Crippen molar-refractivity contribution in [1.29, 1.82) is 0 Å². The maximum atomic E-state index is 8.40. The van der Waals surface area contributed by atoms with E-state index in [2.05, 4.69) is 16.6 Å². The van der Waals surface area contributed by atoms with Crippen molar-refractivity contribution in [1.82, 2.24) is 0 Å². The van der Waals surface area contributed by atoms with Gasteiger partial charge in [0.05, 0.1) is 6.21 Å². The summed E-state index contributed by atoms with van der Waals surface area (Å²) in [7, 11) is 0. The van der Waals surface area contributed by atoms with E-state index < -0.39 is 0 Å². The van der Waals surface area contributed by atoms with Crippen LogP contribution in [0, 0.1) is 0 Å². The lowest BCUT2D eigenvalue weighted by molar-refractivity contribution is -0.697. The number of nitrogens with zero attached hydrogens (tertiary/aromatic N) is 2. The van der Waals surface area contributed by atoms with Crippen LogP contribution in [0.25, 0.3) is 0 Å². The summed E-state index contributed by atoms with van der Waals surface area (Å²) in [5.74, 6) is 0. The van der Waals surface area contributed by atoms with E-state index in [0.29, 0.717) is 0 Å². The van der Waals surface area contributed by atoms with Gasteiger partial charge >= 0.3 is 0 Å². The first kappa shape index (κ1) is 13.7. The molecule has 0 atom stereocenters. The zero-order valence-corrected chi connectivity index (χ0v) is 10.7. The van der Waals surface area contributed by atoms with Gasteiger partial charge in [-0.2, -0.15) is 0 Å². The number of hydrogen-bond donors (Lipinski definition) is 1. The van der Waals surface area contributed by atoms with Gasteiger partial charge in [-0.3, -0.25) is 0 Å². The van der Waals surface area contributed by atoms with Crippen molar-refractivity contribution in [3.63, 3.8) is 0 Å². The van der Waals surface area contributed by atoms with E-state index in [9.17, 15) is 0 Å². The van der Waals surface area contributed by atoms with Gasteiger partial charge in [0.1, 0.15) is 6.54 Å². The molecular weight excluding hydrogens is 212 g/mol. The third-order valence-corrected chi connectivity index (χ3v) is 2.89. The van der Waals surface area contributed by atoms with Crippen LogP contribution in [0.1, 0.15) is 51.0 Å². The Hall–Kier alpha value is -1.38. The molecule has 3 heteroatoms. The smallest absolute Gasteiger partial charge is 0.169 e. The van der Waals surface area contributed by atoms with E-state index in [1.165, 1.54) is 44.7 Å². The summed E-state index contributed by atoms with van der Waals surface area (Å²) in [5, 5.41) is 11.4. The Morgan fingerprint density at radius 3 is 2.41 bits per heavy atom. The lowest BCUT2D eigenvalue weighted by Gasteiger charge is -1.99. The molecule has 0 aromatic carbocycles. The molecule has 0 radical (unpaired) electrons. The molecule has 0 aliphatic carbocycles. The summed E-state index contributed by atoms with van der Waals surface area (Å²) in [6.45, 7) is 3.32. The maximum Gasteiger partial charge on any atom is 0.169 e. The molecule has 1 rings (SSSR count). The normalized spacial score (nSPS) is 11.1. The number of aryl methyl sites for hydroxylation is 1. The van der Waals surface area contributed by atoms with Crippen LogP contribution in [0.3, 0.4) is 0 Å². The predicted molar refractivity (Wildman–Crippen MR) is 69.4 cm³/mol. The highest BCUT2D eigenvalue weighted by atomic mass is 16.4. The number of oxime groups is 1. The fourth-order valence-electron chi connectivity index (χ4n) is 1.85. The highest BCUT2D eigenvalue weighted by molar-refractivity contribution is 5.78. The molecule has 1 aromatic rings. The van der Waals surface area contributed by atoms with Crippen LogP contribution in [0.2, 0.25) is 0 Å². The Kier molecular flexibility index (Phi) is 7.03. The van der Waals surface area contributed by atoms with Crippen molar-refractivity contribution < 1.29 is 9.77 Å². The Labute approximate surface area is 104 Å². The first-order chi connectivity index (χ1) is 8.36. The van der Waals surface area contributed by atoms with E-state index in [0.717, 1.165) is 12.1 Å². The van der Waals surface area contributed by atoms with Gasteiger partial charge in [-0.1, -0.05) is 37.8 Å². The fraction of sp³-hybridized carbons (Fsp3) is 0.571. The zero-order valence-electron chi connectivity index (χ0n) is 10.7. The van der Waals surface area contributed by atoms with E-state index >= 15 is 0 Å². The second-order valence-corrected chi connectivity index (χ2v) is 4.38. The van der Waals surface area contributed by atoms with Crippen LogP contribution in [0.5, 0.6) is 0 Å².